The van der Waals surface area contributed by atoms with Gasteiger partial charge in [-0.25, -0.2) is 4.68 Å². The predicted octanol–water partition coefficient (Wildman–Crippen LogP) is 4.29. The Labute approximate surface area is 215 Å². The van der Waals surface area contributed by atoms with Crippen LogP contribution in [0.2, 0.25) is 0 Å². The van der Waals surface area contributed by atoms with Crippen molar-refractivity contribution in [3.8, 4) is 17.5 Å². The van der Waals surface area contributed by atoms with Crippen LogP contribution in [0.15, 0.2) is 77.9 Å². The number of aromatic nitrogens is 3. The number of pyridine rings is 1. The monoisotopic (exact) mass is 495 g/mol. The van der Waals surface area contributed by atoms with Crippen molar-refractivity contribution < 1.29 is 9.53 Å². The third-order valence-electron chi connectivity index (χ3n) is 6.99. The van der Waals surface area contributed by atoms with Gasteiger partial charge in [-0.15, -0.1) is 0 Å². The van der Waals surface area contributed by atoms with Crippen molar-refractivity contribution in [2.45, 2.75) is 38.8 Å². The molecule has 1 aliphatic carbocycles. The highest BCUT2D eigenvalue weighted by Crippen LogP contribution is 2.45. The molecule has 0 bridgehead atoms. The lowest BCUT2D eigenvalue weighted by Crippen LogP contribution is -2.47. The second-order valence-electron chi connectivity index (χ2n) is 10.00. The zero-order chi connectivity index (χ0) is 26.2. The standard InChI is InChI=1S/C29H29N5O3/c1-19(2)26(32-28(36)29(18-30)13-14-29)27(20-7-5-4-6-8-20)37-23-10-11-24-21(15-23)16-31-34(24)22-9-12-25(35)33(3)17-22/h4-12,15-17,19,26-27H,13-14H2,1-3H3,(H,32,36)/t26-,27+/m0/s1. The second kappa shape index (κ2) is 9.58. The number of nitrogens with one attached hydrogen (secondary N) is 1. The van der Waals surface area contributed by atoms with Crippen LogP contribution in [0.4, 0.5) is 0 Å². The Kier molecular flexibility index (Phi) is 6.30. The van der Waals surface area contributed by atoms with E-state index >= 15 is 0 Å². The van der Waals surface area contributed by atoms with Crippen molar-refractivity contribution in [2.75, 3.05) is 0 Å². The molecule has 0 unspecified atom stereocenters. The van der Waals surface area contributed by atoms with E-state index < -0.39 is 11.5 Å². The molecule has 2 heterocycles. The molecule has 188 valence electrons. The third kappa shape index (κ3) is 4.73. The number of carbonyl (C=O) groups excluding carboxylic acids is 1. The highest BCUT2D eigenvalue weighted by molar-refractivity contribution is 5.88. The van der Waals surface area contributed by atoms with Crippen molar-refractivity contribution in [3.63, 3.8) is 0 Å². The zero-order valence-electron chi connectivity index (χ0n) is 21.1. The first-order valence-corrected chi connectivity index (χ1v) is 12.4. The molecule has 8 heteroatoms. The van der Waals surface area contributed by atoms with E-state index in [2.05, 4.69) is 16.5 Å². The molecule has 2 aromatic heterocycles. The molecular weight excluding hydrogens is 466 g/mol. The Bertz CT molecular complexity index is 1540. The van der Waals surface area contributed by atoms with E-state index in [4.69, 9.17) is 4.74 Å². The van der Waals surface area contributed by atoms with Gasteiger partial charge in [0.05, 0.1) is 29.5 Å². The Balaban J connectivity index is 1.47. The van der Waals surface area contributed by atoms with E-state index in [1.165, 1.54) is 10.6 Å². The smallest absolute Gasteiger partial charge is 0.250 e. The maximum absolute atomic E-state index is 13.0. The molecule has 1 fully saturated rings. The van der Waals surface area contributed by atoms with E-state index in [9.17, 15) is 14.9 Å². The molecule has 1 aliphatic rings. The minimum atomic E-state index is -0.914. The molecule has 1 N–H and O–H groups in total. The molecule has 1 amide bonds. The molecule has 5 rings (SSSR count). The van der Waals surface area contributed by atoms with Crippen molar-refractivity contribution >= 4 is 16.8 Å². The summed E-state index contributed by atoms with van der Waals surface area (Å²) in [7, 11) is 1.71. The predicted molar refractivity (Wildman–Crippen MR) is 140 cm³/mol. The Morgan fingerprint density at radius 1 is 1.14 bits per heavy atom. The summed E-state index contributed by atoms with van der Waals surface area (Å²) in [6, 6.07) is 20.7. The van der Waals surface area contributed by atoms with Crippen molar-refractivity contribution in [1.29, 1.82) is 5.26 Å². The van der Waals surface area contributed by atoms with Crippen LogP contribution in [0.3, 0.4) is 0 Å². The number of ether oxygens (including phenoxy) is 1. The third-order valence-corrected chi connectivity index (χ3v) is 6.99. The van der Waals surface area contributed by atoms with Crippen molar-refractivity contribution in [2.24, 2.45) is 18.4 Å². The van der Waals surface area contributed by atoms with Gasteiger partial charge in [0, 0.05) is 24.7 Å². The summed E-state index contributed by atoms with van der Waals surface area (Å²) < 4.78 is 9.87. The Hall–Kier alpha value is -4.38. The molecule has 2 aromatic carbocycles. The van der Waals surface area contributed by atoms with E-state index in [-0.39, 0.29) is 23.4 Å². The van der Waals surface area contributed by atoms with Crippen LogP contribution in [-0.4, -0.2) is 26.3 Å². The van der Waals surface area contributed by atoms with Gasteiger partial charge in [0.2, 0.25) is 11.5 Å². The lowest BCUT2D eigenvalue weighted by atomic mass is 9.92. The first kappa shape index (κ1) is 24.3. The molecule has 2 atom stereocenters. The van der Waals surface area contributed by atoms with Gasteiger partial charge in [0.25, 0.3) is 0 Å². The van der Waals surface area contributed by atoms with Crippen LogP contribution in [0.1, 0.15) is 38.4 Å². The topological polar surface area (TPSA) is 102 Å². The lowest BCUT2D eigenvalue weighted by molar-refractivity contribution is -0.126. The number of nitriles is 1. The molecule has 1 saturated carbocycles. The van der Waals surface area contributed by atoms with E-state index in [0.717, 1.165) is 22.2 Å². The van der Waals surface area contributed by atoms with E-state index in [1.54, 1.807) is 30.2 Å². The minimum absolute atomic E-state index is 0.0554. The maximum atomic E-state index is 13.0. The zero-order valence-corrected chi connectivity index (χ0v) is 21.1. The fraction of sp³-hybridized carbons (Fsp3) is 0.310. The Morgan fingerprint density at radius 2 is 1.89 bits per heavy atom. The molecular formula is C29H29N5O3. The molecule has 0 spiro atoms. The fourth-order valence-electron chi connectivity index (χ4n) is 4.53. The quantitative estimate of drug-likeness (QED) is 0.393. The number of benzene rings is 2. The SMILES string of the molecule is CC(C)[C@H](NC(=O)C1(C#N)CC1)[C@H](Oc1ccc2c(cnn2-c2ccc(=O)n(C)c2)c1)c1ccccc1. The summed E-state index contributed by atoms with van der Waals surface area (Å²) in [6.45, 7) is 4.08. The first-order chi connectivity index (χ1) is 17.8. The number of aryl methyl sites for hydroxylation is 1. The molecule has 37 heavy (non-hydrogen) atoms. The van der Waals surface area contributed by atoms with E-state index in [0.29, 0.717) is 18.6 Å². The van der Waals surface area contributed by atoms with Gasteiger partial charge in [-0.1, -0.05) is 44.2 Å². The number of amides is 1. The van der Waals surface area contributed by atoms with E-state index in [1.807, 2.05) is 62.4 Å². The molecule has 0 aliphatic heterocycles. The normalized spacial score (nSPS) is 15.6. The van der Waals surface area contributed by atoms with Crippen LogP contribution in [0.25, 0.3) is 16.6 Å². The number of hydrogen-bond donors (Lipinski definition) is 1. The number of rotatable bonds is 8. The minimum Gasteiger partial charge on any atom is -0.484 e. The summed E-state index contributed by atoms with van der Waals surface area (Å²) in [5.41, 5.74) is 1.59. The van der Waals surface area contributed by atoms with Crippen LogP contribution in [-0.2, 0) is 11.8 Å². The summed E-state index contributed by atoms with van der Waals surface area (Å²) in [5.74, 6) is 0.467. The van der Waals surface area contributed by atoms with Gasteiger partial charge in [-0.3, -0.25) is 9.59 Å². The molecule has 4 aromatic rings. The van der Waals surface area contributed by atoms with Crippen LogP contribution in [0, 0.1) is 22.7 Å². The van der Waals surface area contributed by atoms with Gasteiger partial charge < -0.3 is 14.6 Å². The second-order valence-corrected chi connectivity index (χ2v) is 10.00. The lowest BCUT2D eigenvalue weighted by Gasteiger charge is -2.32. The summed E-state index contributed by atoms with van der Waals surface area (Å²) >= 11 is 0. The highest BCUT2D eigenvalue weighted by Gasteiger charge is 2.51. The summed E-state index contributed by atoms with van der Waals surface area (Å²) in [5, 5.41) is 18.0. The number of fused-ring (bicyclic) bond motifs is 1. The maximum Gasteiger partial charge on any atom is 0.250 e. The number of hydrogen-bond acceptors (Lipinski definition) is 5. The average Bonchev–Trinajstić information content (AvgIpc) is 3.60. The van der Waals surface area contributed by atoms with Gasteiger partial charge >= 0.3 is 0 Å². The summed E-state index contributed by atoms with van der Waals surface area (Å²) in [4.78, 5) is 24.8. The van der Waals surface area contributed by atoms with Crippen molar-refractivity contribution in [1.82, 2.24) is 19.7 Å². The van der Waals surface area contributed by atoms with Crippen molar-refractivity contribution in [3.05, 3.63) is 89.0 Å². The first-order valence-electron chi connectivity index (χ1n) is 12.4. The van der Waals surface area contributed by atoms with Gasteiger partial charge in [0.1, 0.15) is 17.3 Å². The average molecular weight is 496 g/mol. The highest BCUT2D eigenvalue weighted by atomic mass is 16.5. The van der Waals surface area contributed by atoms with Crippen LogP contribution in [0.5, 0.6) is 5.75 Å². The molecule has 0 radical (unpaired) electrons. The van der Waals surface area contributed by atoms with Gasteiger partial charge in [-0.2, -0.15) is 10.4 Å². The molecule has 8 nitrogen and oxygen atoms in total. The van der Waals surface area contributed by atoms with Gasteiger partial charge in [0.15, 0.2) is 0 Å². The van der Waals surface area contributed by atoms with Crippen LogP contribution < -0.4 is 15.6 Å². The fourth-order valence-corrected chi connectivity index (χ4v) is 4.53. The van der Waals surface area contributed by atoms with Gasteiger partial charge in [-0.05, 0) is 48.6 Å². The Morgan fingerprint density at radius 3 is 2.54 bits per heavy atom. The summed E-state index contributed by atoms with van der Waals surface area (Å²) in [6.07, 6.45) is 4.22. The largest absolute Gasteiger partial charge is 0.484 e. The number of carbonyl (C=O) groups is 1. The molecule has 0 saturated heterocycles. The van der Waals surface area contributed by atoms with Crippen LogP contribution >= 0.6 is 0 Å². The number of nitrogens with zero attached hydrogens (tertiary/aromatic N) is 4.